The molecule has 0 radical (unpaired) electrons. The predicted octanol–water partition coefficient (Wildman–Crippen LogP) is 0.994. The van der Waals surface area contributed by atoms with E-state index in [1.807, 2.05) is 11.8 Å². The average molecular weight is 245 g/mol. The summed E-state index contributed by atoms with van der Waals surface area (Å²) in [7, 11) is 0. The van der Waals surface area contributed by atoms with Crippen LogP contribution in [0.15, 0.2) is 0 Å². The zero-order valence-corrected chi connectivity index (χ0v) is 10.5. The molecule has 16 heavy (non-hydrogen) atoms. The maximum Gasteiger partial charge on any atom is 0.221 e. The molecule has 0 saturated carbocycles. The van der Waals surface area contributed by atoms with Crippen LogP contribution in [-0.4, -0.2) is 42.5 Å². The topological polar surface area (TPSA) is 55.4 Å². The summed E-state index contributed by atoms with van der Waals surface area (Å²) in [6.07, 6.45) is 2.99. The van der Waals surface area contributed by atoms with Crippen molar-refractivity contribution in [2.75, 3.05) is 25.5 Å². The van der Waals surface area contributed by atoms with Crippen LogP contribution in [-0.2, 0) is 14.3 Å². The quantitative estimate of drug-likeness (QED) is 0.680. The molecule has 1 aliphatic heterocycles. The Hall–Kier alpha value is -0.550. The molecule has 1 atom stereocenters. The summed E-state index contributed by atoms with van der Waals surface area (Å²) in [6, 6.07) is 0. The molecule has 0 aromatic rings. The fourth-order valence-electron chi connectivity index (χ4n) is 1.56. The van der Waals surface area contributed by atoms with Crippen molar-refractivity contribution in [3.63, 3.8) is 0 Å². The highest BCUT2D eigenvalue weighted by atomic mass is 32.2. The molecule has 1 amide bonds. The largest absolute Gasteiger partial charge is 0.372 e. The van der Waals surface area contributed by atoms with Gasteiger partial charge in [-0.05, 0) is 25.5 Å². The lowest BCUT2D eigenvalue weighted by atomic mass is 10.2. The van der Waals surface area contributed by atoms with E-state index in [-0.39, 0.29) is 18.3 Å². The summed E-state index contributed by atoms with van der Waals surface area (Å²) in [6.45, 7) is 2.51. The minimum atomic E-state index is 0.00804. The van der Waals surface area contributed by atoms with Crippen molar-refractivity contribution in [3.05, 3.63) is 0 Å². The monoisotopic (exact) mass is 245 g/mol. The van der Waals surface area contributed by atoms with Gasteiger partial charge in [0.25, 0.3) is 0 Å². The maximum atomic E-state index is 11.4. The van der Waals surface area contributed by atoms with Crippen LogP contribution in [0.25, 0.3) is 0 Å². The first-order chi connectivity index (χ1) is 7.68. The molecule has 0 spiro atoms. The number of nitrogens with one attached hydrogen (secondary N) is 1. The predicted molar refractivity (Wildman–Crippen MR) is 64.6 cm³/mol. The third-order valence-corrected chi connectivity index (χ3v) is 3.71. The second-order valence-corrected chi connectivity index (χ2v) is 5.35. The second-order valence-electron chi connectivity index (χ2n) is 3.94. The van der Waals surface area contributed by atoms with Crippen molar-refractivity contribution < 1.29 is 14.3 Å². The Labute approximate surface area is 100 Å². The summed E-state index contributed by atoms with van der Waals surface area (Å²) >= 11 is 1.88. The Morgan fingerprint density at radius 1 is 1.50 bits per heavy atom. The van der Waals surface area contributed by atoms with Gasteiger partial charge >= 0.3 is 0 Å². The van der Waals surface area contributed by atoms with Gasteiger partial charge in [0.15, 0.2) is 5.78 Å². The van der Waals surface area contributed by atoms with E-state index >= 15 is 0 Å². The number of hydrogen-bond acceptors (Lipinski definition) is 4. The summed E-state index contributed by atoms with van der Waals surface area (Å²) < 4.78 is 5.05. The van der Waals surface area contributed by atoms with Gasteiger partial charge < -0.3 is 10.1 Å². The van der Waals surface area contributed by atoms with Crippen LogP contribution in [0.5, 0.6) is 0 Å². The highest BCUT2D eigenvalue weighted by Crippen LogP contribution is 2.28. The highest BCUT2D eigenvalue weighted by molar-refractivity contribution is 8.00. The highest BCUT2D eigenvalue weighted by Gasteiger charge is 2.18. The average Bonchev–Trinajstić information content (AvgIpc) is 2.69. The zero-order valence-electron chi connectivity index (χ0n) is 9.66. The molecular formula is C11H19NO3S. The van der Waals surface area contributed by atoms with Crippen molar-refractivity contribution >= 4 is 23.5 Å². The van der Waals surface area contributed by atoms with E-state index in [1.165, 1.54) is 19.1 Å². The molecule has 0 aliphatic carbocycles. The van der Waals surface area contributed by atoms with Gasteiger partial charge in [-0.3, -0.25) is 9.59 Å². The minimum Gasteiger partial charge on any atom is -0.372 e. The van der Waals surface area contributed by atoms with Crippen LogP contribution in [0.3, 0.4) is 0 Å². The van der Waals surface area contributed by atoms with Crippen molar-refractivity contribution in [1.82, 2.24) is 5.32 Å². The number of ether oxygens (including phenoxy) is 1. The van der Waals surface area contributed by atoms with Crippen molar-refractivity contribution in [2.45, 2.75) is 31.4 Å². The lowest BCUT2D eigenvalue weighted by molar-refractivity contribution is -0.122. The SMILES string of the molecule is CC(=O)COCCNC(=O)CC1CCCS1. The van der Waals surface area contributed by atoms with Gasteiger partial charge in [0.1, 0.15) is 6.61 Å². The normalized spacial score (nSPS) is 19.7. The van der Waals surface area contributed by atoms with Gasteiger partial charge in [-0.2, -0.15) is 11.8 Å². The molecule has 1 saturated heterocycles. The van der Waals surface area contributed by atoms with Gasteiger partial charge in [-0.15, -0.1) is 0 Å². The van der Waals surface area contributed by atoms with Gasteiger partial charge in [-0.25, -0.2) is 0 Å². The first kappa shape index (κ1) is 13.5. The zero-order chi connectivity index (χ0) is 11.8. The molecule has 0 aromatic carbocycles. The van der Waals surface area contributed by atoms with Gasteiger partial charge in [0, 0.05) is 18.2 Å². The van der Waals surface area contributed by atoms with E-state index in [0.717, 1.165) is 6.42 Å². The van der Waals surface area contributed by atoms with Crippen LogP contribution in [0.2, 0.25) is 0 Å². The van der Waals surface area contributed by atoms with E-state index in [0.29, 0.717) is 24.8 Å². The van der Waals surface area contributed by atoms with E-state index < -0.39 is 0 Å². The smallest absolute Gasteiger partial charge is 0.221 e. The molecule has 1 unspecified atom stereocenters. The fourth-order valence-corrected chi connectivity index (χ4v) is 2.83. The number of Topliss-reactive ketones (excluding diaryl/α,β-unsaturated/α-hetero) is 1. The molecule has 1 aliphatic rings. The molecule has 92 valence electrons. The maximum absolute atomic E-state index is 11.4. The molecular weight excluding hydrogens is 226 g/mol. The lowest BCUT2D eigenvalue weighted by Gasteiger charge is -2.09. The number of carbonyl (C=O) groups is 2. The molecule has 1 N–H and O–H groups in total. The van der Waals surface area contributed by atoms with Gasteiger partial charge in [-0.1, -0.05) is 0 Å². The third kappa shape index (κ3) is 6.12. The molecule has 1 heterocycles. The number of thioether (sulfide) groups is 1. The van der Waals surface area contributed by atoms with Crippen LogP contribution in [0, 0.1) is 0 Å². The lowest BCUT2D eigenvalue weighted by Crippen LogP contribution is -2.29. The van der Waals surface area contributed by atoms with Crippen LogP contribution < -0.4 is 5.32 Å². The molecule has 1 rings (SSSR count). The van der Waals surface area contributed by atoms with E-state index in [1.54, 1.807) is 0 Å². The number of ketones is 1. The van der Waals surface area contributed by atoms with Gasteiger partial charge in [0.2, 0.25) is 5.91 Å². The number of carbonyl (C=O) groups excluding carboxylic acids is 2. The van der Waals surface area contributed by atoms with E-state index in [2.05, 4.69) is 5.32 Å². The summed E-state index contributed by atoms with van der Waals surface area (Å²) in [5.41, 5.74) is 0. The molecule has 1 fully saturated rings. The first-order valence-corrected chi connectivity index (χ1v) is 6.69. The summed E-state index contributed by atoms with van der Waals surface area (Å²) in [5.74, 6) is 1.28. The van der Waals surface area contributed by atoms with Crippen LogP contribution in [0.4, 0.5) is 0 Å². The Bertz CT molecular complexity index is 239. The molecule has 4 nitrogen and oxygen atoms in total. The summed E-state index contributed by atoms with van der Waals surface area (Å²) in [4.78, 5) is 22.0. The minimum absolute atomic E-state index is 0.00804. The number of amides is 1. The van der Waals surface area contributed by atoms with Gasteiger partial charge in [0.05, 0.1) is 6.61 Å². The molecule has 5 heteroatoms. The Kier molecular flexibility index (Phi) is 6.49. The van der Waals surface area contributed by atoms with E-state index in [4.69, 9.17) is 4.74 Å². The van der Waals surface area contributed by atoms with Crippen LogP contribution in [0.1, 0.15) is 26.2 Å². The number of hydrogen-bond donors (Lipinski definition) is 1. The first-order valence-electron chi connectivity index (χ1n) is 5.64. The Morgan fingerprint density at radius 3 is 2.94 bits per heavy atom. The standard InChI is InChI=1S/C11H19NO3S/c1-9(13)8-15-5-4-12-11(14)7-10-3-2-6-16-10/h10H,2-8H2,1H3,(H,12,14). The van der Waals surface area contributed by atoms with Crippen molar-refractivity contribution in [3.8, 4) is 0 Å². The molecule has 0 bridgehead atoms. The third-order valence-electron chi connectivity index (χ3n) is 2.31. The van der Waals surface area contributed by atoms with Crippen LogP contribution >= 0.6 is 11.8 Å². The summed E-state index contributed by atoms with van der Waals surface area (Å²) in [5, 5.41) is 3.29. The Balaban J connectivity index is 1.95. The van der Waals surface area contributed by atoms with Crippen molar-refractivity contribution in [2.24, 2.45) is 0 Å². The fraction of sp³-hybridized carbons (Fsp3) is 0.818. The number of rotatable bonds is 7. The second kappa shape index (κ2) is 7.68. The molecule has 0 aromatic heterocycles. The van der Waals surface area contributed by atoms with E-state index in [9.17, 15) is 9.59 Å². The Morgan fingerprint density at radius 2 is 2.31 bits per heavy atom. The van der Waals surface area contributed by atoms with Crippen molar-refractivity contribution in [1.29, 1.82) is 0 Å².